The quantitative estimate of drug-likeness (QED) is 0.720. The summed E-state index contributed by atoms with van der Waals surface area (Å²) in [7, 11) is 0. The van der Waals surface area contributed by atoms with Crippen molar-refractivity contribution in [3.63, 3.8) is 0 Å². The molecule has 0 radical (unpaired) electrons. The molecular formula is C17H18BrFN4O. The first-order chi connectivity index (χ1) is 11.5. The molecule has 3 aromatic rings. The Balaban J connectivity index is 2.01. The van der Waals surface area contributed by atoms with Crippen molar-refractivity contribution in [2.24, 2.45) is 0 Å². The third-order valence-electron chi connectivity index (χ3n) is 3.93. The van der Waals surface area contributed by atoms with E-state index >= 15 is 0 Å². The van der Waals surface area contributed by atoms with Gasteiger partial charge >= 0.3 is 0 Å². The molecule has 0 aliphatic rings. The standard InChI is InChI=1S/C17H18BrFN4O/c1-3-23-17(18)12(8-21-23)6-14-9-20-10-22(14)16-5-4-13(19)7-15(16)11(2)24/h4-5,7-11,24H,3,6H2,1-2H3. The summed E-state index contributed by atoms with van der Waals surface area (Å²) in [6.07, 6.45) is 5.11. The molecule has 7 heteroatoms. The van der Waals surface area contributed by atoms with Crippen molar-refractivity contribution < 1.29 is 9.50 Å². The minimum atomic E-state index is -0.777. The van der Waals surface area contributed by atoms with Crippen LogP contribution in [0.5, 0.6) is 0 Å². The van der Waals surface area contributed by atoms with E-state index in [9.17, 15) is 9.50 Å². The van der Waals surface area contributed by atoms with E-state index in [0.717, 1.165) is 28.1 Å². The van der Waals surface area contributed by atoms with Crippen LogP contribution in [-0.2, 0) is 13.0 Å². The summed E-state index contributed by atoms with van der Waals surface area (Å²) in [5, 5.41) is 14.3. The summed E-state index contributed by atoms with van der Waals surface area (Å²) in [6, 6.07) is 4.40. The average Bonchev–Trinajstić information content (AvgIpc) is 3.15. The van der Waals surface area contributed by atoms with E-state index in [-0.39, 0.29) is 5.82 Å². The van der Waals surface area contributed by atoms with Crippen LogP contribution in [0.3, 0.4) is 0 Å². The Hall–Kier alpha value is -1.99. The fourth-order valence-electron chi connectivity index (χ4n) is 2.69. The average molecular weight is 393 g/mol. The highest BCUT2D eigenvalue weighted by Crippen LogP contribution is 2.26. The number of halogens is 2. The number of nitrogens with zero attached hydrogens (tertiary/aromatic N) is 4. The molecule has 0 spiro atoms. The molecular weight excluding hydrogens is 375 g/mol. The van der Waals surface area contributed by atoms with Crippen molar-refractivity contribution in [1.29, 1.82) is 0 Å². The highest BCUT2D eigenvalue weighted by Gasteiger charge is 2.15. The predicted molar refractivity (Wildman–Crippen MR) is 92.6 cm³/mol. The van der Waals surface area contributed by atoms with Crippen molar-refractivity contribution in [3.8, 4) is 5.69 Å². The van der Waals surface area contributed by atoms with Gasteiger partial charge in [-0.25, -0.2) is 9.37 Å². The second-order valence-corrected chi connectivity index (χ2v) is 6.34. The van der Waals surface area contributed by atoms with Crippen LogP contribution in [0.4, 0.5) is 4.39 Å². The lowest BCUT2D eigenvalue weighted by molar-refractivity contribution is 0.198. The van der Waals surface area contributed by atoms with Crippen LogP contribution in [-0.4, -0.2) is 24.4 Å². The van der Waals surface area contributed by atoms with Gasteiger partial charge in [0, 0.05) is 36.0 Å². The van der Waals surface area contributed by atoms with E-state index in [1.165, 1.54) is 12.1 Å². The first-order valence-corrected chi connectivity index (χ1v) is 8.49. The first kappa shape index (κ1) is 16.9. The maximum atomic E-state index is 13.5. The molecule has 3 rings (SSSR count). The maximum absolute atomic E-state index is 13.5. The summed E-state index contributed by atoms with van der Waals surface area (Å²) < 4.78 is 18.2. The fourth-order valence-corrected chi connectivity index (χ4v) is 3.28. The Morgan fingerprint density at radius 1 is 1.33 bits per heavy atom. The molecule has 1 N–H and O–H groups in total. The number of rotatable bonds is 5. The van der Waals surface area contributed by atoms with E-state index in [0.29, 0.717) is 12.0 Å². The van der Waals surface area contributed by atoms with Gasteiger partial charge in [0.2, 0.25) is 0 Å². The highest BCUT2D eigenvalue weighted by molar-refractivity contribution is 9.10. The van der Waals surface area contributed by atoms with Crippen LogP contribution in [0.1, 0.15) is 36.8 Å². The molecule has 5 nitrogen and oxygen atoms in total. The summed E-state index contributed by atoms with van der Waals surface area (Å²) >= 11 is 3.57. The summed E-state index contributed by atoms with van der Waals surface area (Å²) in [6.45, 7) is 4.43. The van der Waals surface area contributed by atoms with Crippen LogP contribution >= 0.6 is 15.9 Å². The van der Waals surface area contributed by atoms with Crippen LogP contribution in [0.2, 0.25) is 0 Å². The van der Waals surface area contributed by atoms with Gasteiger partial charge in [0.05, 0.1) is 24.3 Å². The third-order valence-corrected chi connectivity index (χ3v) is 4.85. The van der Waals surface area contributed by atoms with Crippen LogP contribution in [0, 0.1) is 5.82 Å². The van der Waals surface area contributed by atoms with Gasteiger partial charge in [0.25, 0.3) is 0 Å². The zero-order valence-electron chi connectivity index (χ0n) is 13.4. The topological polar surface area (TPSA) is 55.9 Å². The maximum Gasteiger partial charge on any atom is 0.123 e. The second-order valence-electron chi connectivity index (χ2n) is 5.59. The Morgan fingerprint density at radius 2 is 2.12 bits per heavy atom. The molecule has 0 saturated carbocycles. The molecule has 0 fully saturated rings. The third kappa shape index (κ3) is 3.14. The minimum absolute atomic E-state index is 0.372. The number of aliphatic hydroxyl groups excluding tert-OH is 1. The molecule has 126 valence electrons. The summed E-state index contributed by atoms with van der Waals surface area (Å²) in [5.74, 6) is -0.372. The Labute approximate surface area is 147 Å². The van der Waals surface area contributed by atoms with E-state index in [1.807, 2.05) is 22.4 Å². The van der Waals surface area contributed by atoms with Gasteiger partial charge in [-0.3, -0.25) is 4.68 Å². The molecule has 0 bridgehead atoms. The monoisotopic (exact) mass is 392 g/mol. The number of benzene rings is 1. The SMILES string of the molecule is CCn1ncc(Cc2cncn2-c2ccc(F)cc2C(C)O)c1Br. The smallest absolute Gasteiger partial charge is 0.123 e. The fraction of sp³-hybridized carbons (Fsp3) is 0.294. The molecule has 2 heterocycles. The Morgan fingerprint density at radius 3 is 2.79 bits per heavy atom. The molecule has 1 unspecified atom stereocenters. The molecule has 0 aliphatic carbocycles. The van der Waals surface area contributed by atoms with E-state index < -0.39 is 6.10 Å². The Bertz CT molecular complexity index is 856. The molecule has 0 saturated heterocycles. The summed E-state index contributed by atoms with van der Waals surface area (Å²) in [4.78, 5) is 4.22. The van der Waals surface area contributed by atoms with Crippen LogP contribution < -0.4 is 0 Å². The van der Waals surface area contributed by atoms with Gasteiger partial charge in [0.15, 0.2) is 0 Å². The largest absolute Gasteiger partial charge is 0.389 e. The van der Waals surface area contributed by atoms with Gasteiger partial charge in [-0.05, 0) is 48.0 Å². The van der Waals surface area contributed by atoms with Crippen LogP contribution in [0.25, 0.3) is 5.69 Å². The highest BCUT2D eigenvalue weighted by atomic mass is 79.9. The van der Waals surface area contributed by atoms with E-state index in [1.54, 1.807) is 25.5 Å². The molecule has 2 aromatic heterocycles. The lowest BCUT2D eigenvalue weighted by atomic mass is 10.1. The van der Waals surface area contributed by atoms with E-state index in [4.69, 9.17) is 0 Å². The minimum Gasteiger partial charge on any atom is -0.389 e. The number of aryl methyl sites for hydroxylation is 1. The molecule has 1 aromatic carbocycles. The summed E-state index contributed by atoms with van der Waals surface area (Å²) in [5.41, 5.74) is 3.22. The van der Waals surface area contributed by atoms with Crippen molar-refractivity contribution >= 4 is 15.9 Å². The lowest BCUT2D eigenvalue weighted by Crippen LogP contribution is -2.06. The van der Waals surface area contributed by atoms with Gasteiger partial charge in [-0.2, -0.15) is 5.10 Å². The molecule has 0 aliphatic heterocycles. The molecule has 1 atom stereocenters. The van der Waals surface area contributed by atoms with Crippen molar-refractivity contribution in [2.75, 3.05) is 0 Å². The van der Waals surface area contributed by atoms with Gasteiger partial charge in [-0.1, -0.05) is 0 Å². The van der Waals surface area contributed by atoms with Gasteiger partial charge in [-0.15, -0.1) is 0 Å². The normalized spacial score (nSPS) is 12.5. The number of hydrogen-bond donors (Lipinski definition) is 1. The van der Waals surface area contributed by atoms with E-state index in [2.05, 4.69) is 26.0 Å². The van der Waals surface area contributed by atoms with Crippen LogP contribution in [0.15, 0.2) is 41.5 Å². The number of aromatic nitrogens is 4. The number of hydrogen-bond acceptors (Lipinski definition) is 3. The van der Waals surface area contributed by atoms with Gasteiger partial charge in [0.1, 0.15) is 10.4 Å². The van der Waals surface area contributed by atoms with Crippen molar-refractivity contribution in [2.45, 2.75) is 32.9 Å². The first-order valence-electron chi connectivity index (χ1n) is 7.70. The zero-order valence-corrected chi connectivity index (χ0v) is 15.0. The molecule has 24 heavy (non-hydrogen) atoms. The van der Waals surface area contributed by atoms with Crippen molar-refractivity contribution in [1.82, 2.24) is 19.3 Å². The molecule has 0 amide bonds. The predicted octanol–water partition coefficient (Wildman–Crippen LogP) is 3.63. The van der Waals surface area contributed by atoms with Crippen molar-refractivity contribution in [3.05, 3.63) is 64.2 Å². The Kier molecular flexibility index (Phi) is 4.82. The second kappa shape index (κ2) is 6.86. The lowest BCUT2D eigenvalue weighted by Gasteiger charge is -2.15. The number of imidazole rings is 1. The van der Waals surface area contributed by atoms with Gasteiger partial charge < -0.3 is 9.67 Å². The zero-order chi connectivity index (χ0) is 17.3. The number of aliphatic hydroxyl groups is 1.